The molecule has 2 aliphatic heterocycles. The third-order valence-electron chi connectivity index (χ3n) is 8.49. The summed E-state index contributed by atoms with van der Waals surface area (Å²) in [6.45, 7) is 6.11. The second-order valence-corrected chi connectivity index (χ2v) is 12.5. The standard InChI is InChI=1S/C32H34N8O2S/c1-20-16-34-28(30-33-10-14-43-30)37-27(20)26-15-24-17-35-32(36-25-5-3-22(4-6-25)23-7-11-39(2)19-23)38-29(24)40(31(26)41)18-21-8-12-42-13-9-21/h3-6,10,14-17,21,23H,7-9,11-13,18-19H2,1-2H3,(H,35,36,38). The van der Waals surface area contributed by atoms with Gasteiger partial charge in [-0.3, -0.25) is 9.36 Å². The van der Waals surface area contributed by atoms with Crippen molar-refractivity contribution in [3.8, 4) is 22.1 Å². The molecular formula is C32H34N8O2S. The van der Waals surface area contributed by atoms with Crippen LogP contribution in [0.25, 0.3) is 33.1 Å². The van der Waals surface area contributed by atoms with Crippen LogP contribution in [-0.4, -0.2) is 67.7 Å². The van der Waals surface area contributed by atoms with Gasteiger partial charge in [-0.1, -0.05) is 12.1 Å². The number of hydrogen-bond acceptors (Lipinski definition) is 10. The molecular weight excluding hydrogens is 560 g/mol. The van der Waals surface area contributed by atoms with Gasteiger partial charge in [-0.15, -0.1) is 11.3 Å². The molecule has 1 unspecified atom stereocenters. The lowest BCUT2D eigenvalue weighted by atomic mass is 9.98. The summed E-state index contributed by atoms with van der Waals surface area (Å²) in [5.41, 5.74) is 4.68. The highest BCUT2D eigenvalue weighted by Gasteiger charge is 2.23. The summed E-state index contributed by atoms with van der Waals surface area (Å²) in [7, 11) is 2.17. The first-order chi connectivity index (χ1) is 21.0. The predicted octanol–water partition coefficient (Wildman–Crippen LogP) is 5.27. The minimum absolute atomic E-state index is 0.124. The summed E-state index contributed by atoms with van der Waals surface area (Å²) in [4.78, 5) is 39.8. The fraction of sp³-hybridized carbons (Fsp3) is 0.375. The zero-order valence-corrected chi connectivity index (χ0v) is 25.2. The quantitative estimate of drug-likeness (QED) is 0.269. The second-order valence-electron chi connectivity index (χ2n) is 11.6. The molecule has 0 radical (unpaired) electrons. The van der Waals surface area contributed by atoms with Crippen molar-refractivity contribution in [2.75, 3.05) is 38.7 Å². The first-order valence-electron chi connectivity index (χ1n) is 14.8. The normalized spacial score (nSPS) is 18.0. The van der Waals surface area contributed by atoms with Crippen molar-refractivity contribution in [3.05, 3.63) is 75.8 Å². The van der Waals surface area contributed by atoms with Gasteiger partial charge in [0, 0.05) is 61.3 Å². The molecule has 7 rings (SSSR count). The van der Waals surface area contributed by atoms with Crippen molar-refractivity contribution in [2.45, 2.75) is 38.6 Å². The van der Waals surface area contributed by atoms with E-state index < -0.39 is 0 Å². The van der Waals surface area contributed by atoms with Gasteiger partial charge in [-0.25, -0.2) is 19.9 Å². The average molecular weight is 595 g/mol. The van der Waals surface area contributed by atoms with E-state index in [1.807, 2.05) is 18.4 Å². The third kappa shape index (κ3) is 5.80. The Morgan fingerprint density at radius 1 is 1.05 bits per heavy atom. The Balaban J connectivity index is 1.26. The Hall–Kier alpha value is -4.06. The molecule has 11 heteroatoms. The predicted molar refractivity (Wildman–Crippen MR) is 169 cm³/mol. The molecule has 0 spiro atoms. The number of rotatable bonds is 7. The van der Waals surface area contributed by atoms with Crippen molar-refractivity contribution in [1.82, 2.24) is 34.4 Å². The zero-order valence-electron chi connectivity index (χ0n) is 24.4. The number of fused-ring (bicyclic) bond motifs is 1. The van der Waals surface area contributed by atoms with Crippen LogP contribution in [0.3, 0.4) is 0 Å². The number of nitrogens with zero attached hydrogens (tertiary/aromatic N) is 7. The van der Waals surface area contributed by atoms with Crippen LogP contribution in [0, 0.1) is 12.8 Å². The smallest absolute Gasteiger partial charge is 0.261 e. The summed E-state index contributed by atoms with van der Waals surface area (Å²) in [5, 5.41) is 6.74. The number of hydrogen-bond donors (Lipinski definition) is 1. The topological polar surface area (TPSA) is 111 Å². The lowest BCUT2D eigenvalue weighted by Crippen LogP contribution is -2.29. The lowest BCUT2D eigenvalue weighted by Gasteiger charge is -2.24. The van der Waals surface area contributed by atoms with E-state index in [1.54, 1.807) is 23.2 Å². The van der Waals surface area contributed by atoms with E-state index in [1.165, 1.54) is 23.3 Å². The minimum Gasteiger partial charge on any atom is -0.381 e. The van der Waals surface area contributed by atoms with Gasteiger partial charge in [0.2, 0.25) is 5.95 Å². The van der Waals surface area contributed by atoms with Crippen LogP contribution in [-0.2, 0) is 11.3 Å². The number of ether oxygens (including phenoxy) is 1. The molecule has 2 aliphatic rings. The maximum atomic E-state index is 14.2. The molecule has 5 aromatic rings. The summed E-state index contributed by atoms with van der Waals surface area (Å²) >= 11 is 1.47. The van der Waals surface area contributed by atoms with E-state index in [0.717, 1.165) is 42.6 Å². The first-order valence-corrected chi connectivity index (χ1v) is 15.7. The average Bonchev–Trinajstić information content (AvgIpc) is 3.73. The van der Waals surface area contributed by atoms with Gasteiger partial charge >= 0.3 is 0 Å². The third-order valence-corrected chi connectivity index (χ3v) is 9.26. The number of anilines is 2. The number of thiazole rings is 1. The Morgan fingerprint density at radius 3 is 2.63 bits per heavy atom. The van der Waals surface area contributed by atoms with Gasteiger partial charge in [0.1, 0.15) is 5.65 Å². The van der Waals surface area contributed by atoms with Gasteiger partial charge in [-0.2, -0.15) is 4.98 Å². The number of aromatic nitrogens is 6. The lowest BCUT2D eigenvalue weighted by molar-refractivity contribution is 0.0613. The first kappa shape index (κ1) is 27.8. The SMILES string of the molecule is Cc1cnc(-c2nccs2)nc1-c1cc2cnc(Nc3ccc(C4CCN(C)C4)cc3)nc2n(CC2CCOCC2)c1=O. The van der Waals surface area contributed by atoms with Crippen LogP contribution < -0.4 is 10.9 Å². The van der Waals surface area contributed by atoms with E-state index in [0.29, 0.717) is 65.3 Å². The molecule has 43 heavy (non-hydrogen) atoms. The molecule has 2 saturated heterocycles. The van der Waals surface area contributed by atoms with Gasteiger partial charge in [0.25, 0.3) is 5.56 Å². The Bertz CT molecular complexity index is 1800. The van der Waals surface area contributed by atoms with Gasteiger partial charge < -0.3 is 15.0 Å². The summed E-state index contributed by atoms with van der Waals surface area (Å²) in [6.07, 6.45) is 8.26. The van der Waals surface area contributed by atoms with E-state index >= 15 is 0 Å². The molecule has 1 N–H and O–H groups in total. The largest absolute Gasteiger partial charge is 0.381 e. The highest BCUT2D eigenvalue weighted by Crippen LogP contribution is 2.29. The Kier molecular flexibility index (Phi) is 7.69. The number of likely N-dealkylation sites (tertiary alicyclic amines) is 1. The van der Waals surface area contributed by atoms with E-state index in [9.17, 15) is 4.79 Å². The van der Waals surface area contributed by atoms with Crippen LogP contribution in [0.5, 0.6) is 0 Å². The molecule has 220 valence electrons. The van der Waals surface area contributed by atoms with Crippen LogP contribution in [0.4, 0.5) is 11.6 Å². The van der Waals surface area contributed by atoms with Crippen LogP contribution in [0.1, 0.15) is 36.3 Å². The molecule has 6 heterocycles. The van der Waals surface area contributed by atoms with Crippen molar-refractivity contribution >= 4 is 34.0 Å². The summed E-state index contributed by atoms with van der Waals surface area (Å²) in [6, 6.07) is 10.4. The number of pyridine rings is 1. The van der Waals surface area contributed by atoms with Crippen molar-refractivity contribution in [1.29, 1.82) is 0 Å². The molecule has 0 amide bonds. The van der Waals surface area contributed by atoms with Gasteiger partial charge in [-0.05, 0) is 80.9 Å². The van der Waals surface area contributed by atoms with Crippen molar-refractivity contribution in [2.24, 2.45) is 5.92 Å². The molecule has 10 nitrogen and oxygen atoms in total. The highest BCUT2D eigenvalue weighted by molar-refractivity contribution is 7.13. The van der Waals surface area contributed by atoms with Gasteiger partial charge in [0.05, 0.1) is 11.3 Å². The van der Waals surface area contributed by atoms with Crippen LogP contribution in [0.15, 0.2) is 59.1 Å². The number of aryl methyl sites for hydroxylation is 1. The maximum absolute atomic E-state index is 14.2. The second kappa shape index (κ2) is 11.9. The number of likely N-dealkylation sites (N-methyl/N-ethyl adjacent to an activating group) is 1. The molecule has 1 atom stereocenters. The minimum atomic E-state index is -0.124. The van der Waals surface area contributed by atoms with Crippen molar-refractivity contribution in [3.63, 3.8) is 0 Å². The molecule has 0 saturated carbocycles. The molecule has 0 bridgehead atoms. The zero-order chi connectivity index (χ0) is 29.3. The van der Waals surface area contributed by atoms with Crippen LogP contribution >= 0.6 is 11.3 Å². The van der Waals surface area contributed by atoms with E-state index in [-0.39, 0.29) is 5.56 Å². The van der Waals surface area contributed by atoms with Crippen molar-refractivity contribution < 1.29 is 4.74 Å². The Labute approximate surface area is 253 Å². The van der Waals surface area contributed by atoms with E-state index in [2.05, 4.69) is 56.5 Å². The monoisotopic (exact) mass is 594 g/mol. The highest BCUT2D eigenvalue weighted by atomic mass is 32.1. The van der Waals surface area contributed by atoms with E-state index in [4.69, 9.17) is 14.7 Å². The molecule has 2 fully saturated rings. The fourth-order valence-electron chi connectivity index (χ4n) is 6.07. The molecule has 1 aromatic carbocycles. The fourth-order valence-corrected chi connectivity index (χ4v) is 6.65. The van der Waals surface area contributed by atoms with Crippen LogP contribution in [0.2, 0.25) is 0 Å². The Morgan fingerprint density at radius 2 is 1.88 bits per heavy atom. The molecule has 4 aromatic heterocycles. The summed E-state index contributed by atoms with van der Waals surface area (Å²) < 4.78 is 7.40. The maximum Gasteiger partial charge on any atom is 0.261 e. The summed E-state index contributed by atoms with van der Waals surface area (Å²) in [5.74, 6) is 1.85. The van der Waals surface area contributed by atoms with Gasteiger partial charge in [0.15, 0.2) is 10.8 Å². The number of benzene rings is 1. The molecule has 0 aliphatic carbocycles. The number of nitrogens with one attached hydrogen (secondary N) is 1.